The summed E-state index contributed by atoms with van der Waals surface area (Å²) in [5, 5.41) is 2.01. The number of anilines is 1. The number of thiophene rings is 1. The van der Waals surface area contributed by atoms with Gasteiger partial charge in [0.05, 0.1) is 40.6 Å². The molecule has 3 aromatic rings. The van der Waals surface area contributed by atoms with Crippen LogP contribution in [0.4, 0.5) is 5.69 Å². The lowest BCUT2D eigenvalue weighted by Crippen LogP contribution is -2.27. The number of nitrogens with zero attached hydrogens (tertiary/aromatic N) is 4. The number of fused-ring (bicyclic) bond motifs is 1. The first-order valence-corrected chi connectivity index (χ1v) is 10.1. The van der Waals surface area contributed by atoms with E-state index in [2.05, 4.69) is 20.9 Å². The minimum atomic E-state index is 0.0229. The summed E-state index contributed by atoms with van der Waals surface area (Å²) in [6, 6.07) is 9.89. The Bertz CT molecular complexity index is 1000. The van der Waals surface area contributed by atoms with Crippen LogP contribution < -0.4 is 5.73 Å². The van der Waals surface area contributed by atoms with Gasteiger partial charge in [0.1, 0.15) is 0 Å². The highest BCUT2D eigenvalue weighted by atomic mass is 32.1. The Morgan fingerprint density at radius 3 is 2.89 bits per heavy atom. The first-order chi connectivity index (χ1) is 13.5. The summed E-state index contributed by atoms with van der Waals surface area (Å²) in [5.74, 6) is 0.0229. The highest BCUT2D eigenvalue weighted by Gasteiger charge is 2.25. The zero-order valence-electron chi connectivity index (χ0n) is 16.1. The Morgan fingerprint density at radius 2 is 2.14 bits per heavy atom. The van der Waals surface area contributed by atoms with E-state index < -0.39 is 0 Å². The standard InChI is InChI=1S/C21H23N5OS/c1-25(2)11-14-8-15-12-26(13-19(15)23-10-14)21(27)9-18-16(22)5-6-17(24-18)20-4-3-7-28-20/h3-8,10H,9,11-13,22H2,1-2H3. The molecule has 28 heavy (non-hydrogen) atoms. The van der Waals surface area contributed by atoms with Crippen molar-refractivity contribution in [2.75, 3.05) is 19.8 Å². The molecule has 6 nitrogen and oxygen atoms in total. The fraction of sp³-hybridized carbons (Fsp3) is 0.286. The van der Waals surface area contributed by atoms with Crippen molar-refractivity contribution >= 4 is 22.9 Å². The van der Waals surface area contributed by atoms with E-state index in [4.69, 9.17) is 5.73 Å². The summed E-state index contributed by atoms with van der Waals surface area (Å²) in [5.41, 5.74) is 11.4. The summed E-state index contributed by atoms with van der Waals surface area (Å²) in [6.45, 7) is 1.97. The molecule has 0 bridgehead atoms. The third-order valence-corrected chi connectivity index (χ3v) is 5.66. The number of amides is 1. The van der Waals surface area contributed by atoms with E-state index in [1.54, 1.807) is 11.3 Å². The number of nitrogens with two attached hydrogens (primary N) is 1. The van der Waals surface area contributed by atoms with Gasteiger partial charge in [-0.3, -0.25) is 9.78 Å². The molecule has 144 valence electrons. The minimum absolute atomic E-state index is 0.0229. The van der Waals surface area contributed by atoms with E-state index in [1.807, 2.05) is 54.8 Å². The largest absolute Gasteiger partial charge is 0.397 e. The van der Waals surface area contributed by atoms with Gasteiger partial charge in [0.2, 0.25) is 5.91 Å². The van der Waals surface area contributed by atoms with Gasteiger partial charge in [-0.25, -0.2) is 4.98 Å². The van der Waals surface area contributed by atoms with Crippen LogP contribution in [0.25, 0.3) is 10.6 Å². The quantitative estimate of drug-likeness (QED) is 0.721. The van der Waals surface area contributed by atoms with Crippen LogP contribution in [-0.4, -0.2) is 39.8 Å². The van der Waals surface area contributed by atoms with Crippen molar-refractivity contribution in [2.24, 2.45) is 0 Å². The molecule has 0 unspecified atom stereocenters. The summed E-state index contributed by atoms with van der Waals surface area (Å²) in [7, 11) is 4.07. The predicted molar refractivity (Wildman–Crippen MR) is 112 cm³/mol. The van der Waals surface area contributed by atoms with Gasteiger partial charge in [-0.2, -0.15) is 0 Å². The maximum atomic E-state index is 12.9. The van der Waals surface area contributed by atoms with Gasteiger partial charge in [0.25, 0.3) is 0 Å². The van der Waals surface area contributed by atoms with Crippen LogP contribution in [0.3, 0.4) is 0 Å². The predicted octanol–water partition coefficient (Wildman–Crippen LogP) is 2.93. The molecule has 1 aliphatic rings. The zero-order chi connectivity index (χ0) is 19.7. The fourth-order valence-corrected chi connectivity index (χ4v) is 4.10. The Labute approximate surface area is 168 Å². The summed E-state index contributed by atoms with van der Waals surface area (Å²) >= 11 is 1.62. The van der Waals surface area contributed by atoms with Gasteiger partial charge in [-0.1, -0.05) is 6.07 Å². The second-order valence-corrected chi connectivity index (χ2v) is 8.27. The molecule has 0 saturated heterocycles. The highest BCUT2D eigenvalue weighted by Crippen LogP contribution is 2.26. The molecule has 0 saturated carbocycles. The smallest absolute Gasteiger partial charge is 0.229 e. The van der Waals surface area contributed by atoms with Crippen LogP contribution in [-0.2, 0) is 30.8 Å². The molecule has 1 aliphatic heterocycles. The molecular formula is C21H23N5OS. The van der Waals surface area contributed by atoms with Gasteiger partial charge in [-0.15, -0.1) is 11.3 Å². The Kier molecular flexibility index (Phi) is 5.11. The summed E-state index contributed by atoms with van der Waals surface area (Å²) in [4.78, 5) is 27.1. The first kappa shape index (κ1) is 18.6. The number of hydrogen-bond donors (Lipinski definition) is 1. The molecule has 1 amide bonds. The molecule has 0 fully saturated rings. The summed E-state index contributed by atoms with van der Waals surface area (Å²) in [6.07, 6.45) is 2.10. The van der Waals surface area contributed by atoms with Crippen LogP contribution in [0.1, 0.15) is 22.5 Å². The Hall–Kier alpha value is -2.77. The number of rotatable bonds is 5. The number of carbonyl (C=O) groups excluding carboxylic acids is 1. The van der Waals surface area contributed by atoms with Crippen molar-refractivity contribution in [3.05, 3.63) is 64.4 Å². The van der Waals surface area contributed by atoms with Crippen molar-refractivity contribution in [3.63, 3.8) is 0 Å². The van der Waals surface area contributed by atoms with E-state index in [0.717, 1.165) is 33.9 Å². The number of pyridine rings is 2. The van der Waals surface area contributed by atoms with Gasteiger partial charge in [-0.05, 0) is 54.9 Å². The molecule has 7 heteroatoms. The second kappa shape index (κ2) is 7.69. The van der Waals surface area contributed by atoms with Crippen molar-refractivity contribution in [1.82, 2.24) is 19.8 Å². The van der Waals surface area contributed by atoms with Gasteiger partial charge >= 0.3 is 0 Å². The molecule has 0 spiro atoms. The third-order valence-electron chi connectivity index (χ3n) is 4.77. The lowest BCUT2D eigenvalue weighted by Gasteiger charge is -2.15. The SMILES string of the molecule is CN(C)Cc1cnc2c(c1)CN(C(=O)Cc1nc(-c3cccs3)ccc1N)C2. The van der Waals surface area contributed by atoms with E-state index in [1.165, 1.54) is 0 Å². The van der Waals surface area contributed by atoms with Gasteiger partial charge in [0, 0.05) is 19.3 Å². The lowest BCUT2D eigenvalue weighted by molar-refractivity contribution is -0.131. The van der Waals surface area contributed by atoms with Crippen LogP contribution in [0.2, 0.25) is 0 Å². The summed E-state index contributed by atoms with van der Waals surface area (Å²) < 4.78 is 0. The molecule has 0 atom stereocenters. The number of hydrogen-bond acceptors (Lipinski definition) is 6. The van der Waals surface area contributed by atoms with Crippen molar-refractivity contribution in [1.29, 1.82) is 0 Å². The van der Waals surface area contributed by atoms with Crippen LogP contribution in [0, 0.1) is 0 Å². The Balaban J connectivity index is 1.48. The number of nitrogen functional groups attached to an aromatic ring is 1. The monoisotopic (exact) mass is 393 g/mol. The third kappa shape index (κ3) is 3.90. The molecule has 4 heterocycles. The fourth-order valence-electron chi connectivity index (χ4n) is 3.41. The van der Waals surface area contributed by atoms with Gasteiger partial charge in [0.15, 0.2) is 0 Å². The average molecular weight is 394 g/mol. The Morgan fingerprint density at radius 1 is 1.29 bits per heavy atom. The topological polar surface area (TPSA) is 75.4 Å². The molecule has 3 aromatic heterocycles. The number of carbonyl (C=O) groups is 1. The van der Waals surface area contributed by atoms with E-state index in [9.17, 15) is 4.79 Å². The second-order valence-electron chi connectivity index (χ2n) is 7.32. The van der Waals surface area contributed by atoms with Crippen molar-refractivity contribution in [3.8, 4) is 10.6 Å². The normalized spacial score (nSPS) is 13.2. The van der Waals surface area contributed by atoms with Crippen LogP contribution in [0.15, 0.2) is 41.9 Å². The number of aromatic nitrogens is 2. The van der Waals surface area contributed by atoms with E-state index >= 15 is 0 Å². The van der Waals surface area contributed by atoms with Gasteiger partial charge < -0.3 is 15.5 Å². The molecule has 0 radical (unpaired) electrons. The van der Waals surface area contributed by atoms with E-state index in [0.29, 0.717) is 24.5 Å². The molecule has 0 aromatic carbocycles. The van der Waals surface area contributed by atoms with Crippen LogP contribution >= 0.6 is 11.3 Å². The average Bonchev–Trinajstić information content (AvgIpc) is 3.32. The zero-order valence-corrected chi connectivity index (χ0v) is 16.9. The van der Waals surface area contributed by atoms with Crippen molar-refractivity contribution in [2.45, 2.75) is 26.1 Å². The van der Waals surface area contributed by atoms with E-state index in [-0.39, 0.29) is 12.3 Å². The first-order valence-electron chi connectivity index (χ1n) is 9.18. The van der Waals surface area contributed by atoms with Crippen molar-refractivity contribution < 1.29 is 4.79 Å². The lowest BCUT2D eigenvalue weighted by atomic mass is 10.1. The molecule has 4 rings (SSSR count). The maximum Gasteiger partial charge on any atom is 0.229 e. The minimum Gasteiger partial charge on any atom is -0.397 e. The highest BCUT2D eigenvalue weighted by molar-refractivity contribution is 7.13. The van der Waals surface area contributed by atoms with Crippen LogP contribution in [0.5, 0.6) is 0 Å². The maximum absolute atomic E-state index is 12.9. The molecular weight excluding hydrogens is 370 g/mol. The molecule has 2 N–H and O–H groups in total. The molecule has 0 aliphatic carbocycles.